The number of carbonyl (C=O) groups excluding carboxylic acids is 1. The lowest BCUT2D eigenvalue weighted by Crippen LogP contribution is -2.34. The van der Waals surface area contributed by atoms with E-state index in [2.05, 4.69) is 15.3 Å². The molecule has 5 N–H and O–H groups in total. The quantitative estimate of drug-likeness (QED) is 0.439. The molecule has 0 bridgehead atoms. The van der Waals surface area contributed by atoms with Gasteiger partial charge in [-0.3, -0.25) is 4.79 Å². The molecule has 0 radical (unpaired) electrons. The Balaban J connectivity index is 1.84. The van der Waals surface area contributed by atoms with Crippen molar-refractivity contribution in [1.82, 2.24) is 15.3 Å². The summed E-state index contributed by atoms with van der Waals surface area (Å²) in [6, 6.07) is 3.07. The number of thiazole rings is 1. The highest BCUT2D eigenvalue weighted by Gasteiger charge is 2.31. The molecular weight excluding hydrogens is 424 g/mol. The van der Waals surface area contributed by atoms with E-state index in [4.69, 9.17) is 10.8 Å². The van der Waals surface area contributed by atoms with Crippen molar-refractivity contribution in [3.05, 3.63) is 63.0 Å². The number of nitrogens with zero attached hydrogens (tertiary/aromatic N) is 1. The molecule has 2 heterocycles. The Morgan fingerprint density at radius 2 is 2.10 bits per heavy atom. The van der Waals surface area contributed by atoms with E-state index in [1.807, 2.05) is 0 Å². The van der Waals surface area contributed by atoms with E-state index in [0.29, 0.717) is 22.3 Å². The lowest BCUT2D eigenvalue weighted by atomic mass is 10.1. The summed E-state index contributed by atoms with van der Waals surface area (Å²) in [4.78, 5) is 19.6. The second-order valence-corrected chi connectivity index (χ2v) is 7.46. The zero-order valence-electron chi connectivity index (χ0n) is 15.7. The number of amides is 1. The Bertz CT molecular complexity index is 1060. The van der Waals surface area contributed by atoms with Crippen LogP contribution in [0.25, 0.3) is 11.3 Å². The summed E-state index contributed by atoms with van der Waals surface area (Å²) in [7, 11) is 0. The van der Waals surface area contributed by atoms with E-state index in [0.717, 1.165) is 12.1 Å². The third kappa shape index (κ3) is 4.53. The van der Waals surface area contributed by atoms with E-state index in [1.165, 1.54) is 17.4 Å². The van der Waals surface area contributed by atoms with Crippen LogP contribution in [0.5, 0.6) is 0 Å². The molecule has 0 spiro atoms. The van der Waals surface area contributed by atoms with Crippen molar-refractivity contribution in [2.75, 3.05) is 6.54 Å². The van der Waals surface area contributed by atoms with Gasteiger partial charge in [-0.05, 0) is 36.8 Å². The van der Waals surface area contributed by atoms with Gasteiger partial charge in [0.05, 0.1) is 23.9 Å². The first-order chi connectivity index (χ1) is 14.1. The minimum absolute atomic E-state index is 0.0560. The van der Waals surface area contributed by atoms with Crippen molar-refractivity contribution >= 4 is 17.2 Å². The number of hydrogen-bond acceptors (Lipinski definition) is 5. The van der Waals surface area contributed by atoms with E-state index in [-0.39, 0.29) is 30.1 Å². The van der Waals surface area contributed by atoms with Crippen molar-refractivity contribution in [3.63, 3.8) is 0 Å². The van der Waals surface area contributed by atoms with Crippen LogP contribution in [0, 0.1) is 12.7 Å². The molecule has 30 heavy (non-hydrogen) atoms. The van der Waals surface area contributed by atoms with Crippen LogP contribution in [0.15, 0.2) is 29.6 Å². The summed E-state index contributed by atoms with van der Waals surface area (Å²) >= 11 is 1.23. The molecule has 2 aromatic heterocycles. The number of rotatable bonds is 6. The maximum Gasteiger partial charge on any atom is 0.416 e. The lowest BCUT2D eigenvalue weighted by molar-refractivity contribution is -0.137. The molecular formula is C19H18F4N4O2S. The molecule has 0 aliphatic heterocycles. The van der Waals surface area contributed by atoms with Gasteiger partial charge in [0.15, 0.2) is 0 Å². The second-order valence-electron chi connectivity index (χ2n) is 6.52. The van der Waals surface area contributed by atoms with E-state index in [9.17, 15) is 22.4 Å². The monoisotopic (exact) mass is 442 g/mol. The number of benzene rings is 1. The smallest absolute Gasteiger partial charge is 0.389 e. The van der Waals surface area contributed by atoms with Gasteiger partial charge in [0.1, 0.15) is 16.5 Å². The predicted octanol–water partition coefficient (Wildman–Crippen LogP) is 3.53. The SMILES string of the molecule is Cc1cc(-c2ccc(C(F)(F)F)cc2F)[nH]c1C(=O)N[C@H](CN)c1csc(CO)n1. The molecule has 11 heteroatoms. The number of hydrogen-bond donors (Lipinski definition) is 4. The van der Waals surface area contributed by atoms with Crippen molar-refractivity contribution in [2.24, 2.45) is 5.73 Å². The van der Waals surface area contributed by atoms with Crippen molar-refractivity contribution < 1.29 is 27.5 Å². The fourth-order valence-corrected chi connectivity index (χ4v) is 3.60. The van der Waals surface area contributed by atoms with Crippen LogP contribution < -0.4 is 11.1 Å². The molecule has 3 aromatic rings. The molecule has 0 unspecified atom stereocenters. The largest absolute Gasteiger partial charge is 0.416 e. The topological polar surface area (TPSA) is 104 Å². The van der Waals surface area contributed by atoms with Crippen LogP contribution >= 0.6 is 11.3 Å². The molecule has 0 aliphatic rings. The maximum absolute atomic E-state index is 14.3. The first kappa shape index (κ1) is 21.9. The third-order valence-corrected chi connectivity index (χ3v) is 5.28. The van der Waals surface area contributed by atoms with Gasteiger partial charge in [-0.15, -0.1) is 11.3 Å². The number of halogens is 4. The Kier molecular flexibility index (Phi) is 6.25. The van der Waals surface area contributed by atoms with E-state index < -0.39 is 29.5 Å². The zero-order valence-corrected chi connectivity index (χ0v) is 16.5. The standard InChI is InChI=1S/C19H18F4N4O2S/c1-9-4-13(11-3-2-10(5-12(11)20)19(21,22)23)26-17(9)18(29)27-14(6-24)15-8-30-16(7-28)25-15/h2-5,8,14,26,28H,6-7,24H2,1H3,(H,27,29)/t14-/m1/s1. The molecule has 1 amide bonds. The number of alkyl halides is 3. The van der Waals surface area contributed by atoms with Crippen molar-refractivity contribution in [2.45, 2.75) is 25.7 Å². The first-order valence-corrected chi connectivity index (χ1v) is 9.64. The summed E-state index contributed by atoms with van der Waals surface area (Å²) < 4.78 is 52.5. The third-order valence-electron chi connectivity index (χ3n) is 4.43. The average molecular weight is 442 g/mol. The van der Waals surface area contributed by atoms with Gasteiger partial charge >= 0.3 is 6.18 Å². The molecule has 6 nitrogen and oxygen atoms in total. The van der Waals surface area contributed by atoms with Crippen molar-refractivity contribution in [1.29, 1.82) is 0 Å². The van der Waals surface area contributed by atoms with Gasteiger partial charge in [-0.25, -0.2) is 9.37 Å². The lowest BCUT2D eigenvalue weighted by Gasteiger charge is -2.14. The highest BCUT2D eigenvalue weighted by Crippen LogP contribution is 2.33. The number of nitrogens with two attached hydrogens (primary N) is 1. The van der Waals surface area contributed by atoms with Crippen LogP contribution in [0.4, 0.5) is 17.6 Å². The fourth-order valence-electron chi connectivity index (χ4n) is 2.89. The molecule has 160 valence electrons. The van der Waals surface area contributed by atoms with Crippen LogP contribution in [-0.2, 0) is 12.8 Å². The molecule has 1 aromatic carbocycles. The molecule has 0 saturated heterocycles. The summed E-state index contributed by atoms with van der Waals surface area (Å²) in [6.07, 6.45) is -4.65. The molecule has 0 aliphatic carbocycles. The molecule has 3 rings (SSSR count). The zero-order chi connectivity index (χ0) is 22.1. The molecule has 1 atom stereocenters. The summed E-state index contributed by atoms with van der Waals surface area (Å²) in [5.41, 5.74) is 5.81. The second kappa shape index (κ2) is 8.54. The predicted molar refractivity (Wildman–Crippen MR) is 103 cm³/mol. The number of aryl methyl sites for hydroxylation is 1. The van der Waals surface area contributed by atoms with Gasteiger partial charge in [-0.1, -0.05) is 0 Å². The van der Waals surface area contributed by atoms with Gasteiger partial charge in [0.2, 0.25) is 0 Å². The Morgan fingerprint density at radius 1 is 1.37 bits per heavy atom. The van der Waals surface area contributed by atoms with Gasteiger partial charge < -0.3 is 21.1 Å². The number of aromatic amines is 1. The molecule has 0 saturated carbocycles. The van der Waals surface area contributed by atoms with Gasteiger partial charge in [0.25, 0.3) is 5.91 Å². The summed E-state index contributed by atoms with van der Waals surface area (Å²) in [5.74, 6) is -1.59. The van der Waals surface area contributed by atoms with Crippen LogP contribution in [0.2, 0.25) is 0 Å². The summed E-state index contributed by atoms with van der Waals surface area (Å²) in [5, 5.41) is 14.0. The van der Waals surface area contributed by atoms with E-state index >= 15 is 0 Å². The van der Waals surface area contributed by atoms with Crippen LogP contribution in [-0.4, -0.2) is 27.5 Å². The van der Waals surface area contributed by atoms with Gasteiger partial charge in [-0.2, -0.15) is 13.2 Å². The Hall–Kier alpha value is -2.76. The normalized spacial score (nSPS) is 12.8. The molecule has 0 fully saturated rings. The maximum atomic E-state index is 14.3. The Labute approximate surface area is 172 Å². The minimum Gasteiger partial charge on any atom is -0.389 e. The van der Waals surface area contributed by atoms with Crippen molar-refractivity contribution in [3.8, 4) is 11.3 Å². The number of carbonyl (C=O) groups is 1. The number of aromatic nitrogens is 2. The van der Waals surface area contributed by atoms with Gasteiger partial charge in [0, 0.05) is 23.2 Å². The average Bonchev–Trinajstić information content (AvgIpc) is 3.31. The van der Waals surface area contributed by atoms with Crippen LogP contribution in [0.3, 0.4) is 0 Å². The number of nitrogens with one attached hydrogen (secondary N) is 2. The van der Waals surface area contributed by atoms with E-state index in [1.54, 1.807) is 12.3 Å². The number of aliphatic hydroxyl groups excluding tert-OH is 1. The highest BCUT2D eigenvalue weighted by atomic mass is 32.1. The number of aliphatic hydroxyl groups is 1. The Morgan fingerprint density at radius 3 is 2.67 bits per heavy atom. The minimum atomic E-state index is -4.65. The fraction of sp³-hybridized carbons (Fsp3) is 0.263. The van der Waals surface area contributed by atoms with Crippen LogP contribution in [0.1, 0.15) is 38.4 Å². The first-order valence-electron chi connectivity index (χ1n) is 8.76. The summed E-state index contributed by atoms with van der Waals surface area (Å²) in [6.45, 7) is 1.44. The highest BCUT2D eigenvalue weighted by molar-refractivity contribution is 7.09. The number of H-pyrrole nitrogens is 1.